The fourth-order valence-electron chi connectivity index (χ4n) is 1.47. The van der Waals surface area contributed by atoms with E-state index in [1.807, 2.05) is 0 Å². The molecular formula is C12H15BrO3S. The summed E-state index contributed by atoms with van der Waals surface area (Å²) in [5.74, 6) is -0.290. The van der Waals surface area contributed by atoms with Gasteiger partial charge in [-0.05, 0) is 25.5 Å². The van der Waals surface area contributed by atoms with E-state index < -0.39 is 15.1 Å². The zero-order valence-electron chi connectivity index (χ0n) is 9.81. The summed E-state index contributed by atoms with van der Waals surface area (Å²) in [6.07, 6.45) is 0.528. The minimum absolute atomic E-state index is 0.0520. The Bertz CT molecular complexity index is 491. The number of halogens is 1. The van der Waals surface area contributed by atoms with E-state index in [1.165, 1.54) is 6.92 Å². The van der Waals surface area contributed by atoms with Gasteiger partial charge in [0.05, 0.1) is 5.75 Å². The largest absolute Gasteiger partial charge is 0.293 e. The molecule has 0 saturated carbocycles. The molecule has 3 nitrogen and oxygen atoms in total. The molecular weight excluding hydrogens is 304 g/mol. The maximum Gasteiger partial charge on any atom is 0.180 e. The van der Waals surface area contributed by atoms with E-state index in [2.05, 4.69) is 15.9 Å². The molecule has 94 valence electrons. The highest BCUT2D eigenvalue weighted by molar-refractivity contribution is 9.10. The van der Waals surface area contributed by atoms with Crippen LogP contribution in [0.5, 0.6) is 0 Å². The lowest BCUT2D eigenvalue weighted by atomic mass is 10.1. The molecule has 1 rings (SSSR count). The Balaban J connectivity index is 2.94. The molecule has 0 aliphatic rings. The Hall–Kier alpha value is -0.680. The van der Waals surface area contributed by atoms with Crippen LogP contribution in [0.3, 0.4) is 0 Å². The van der Waals surface area contributed by atoms with E-state index in [4.69, 9.17) is 0 Å². The van der Waals surface area contributed by atoms with Gasteiger partial charge >= 0.3 is 0 Å². The van der Waals surface area contributed by atoms with Gasteiger partial charge in [0.1, 0.15) is 5.25 Å². The second-order valence-electron chi connectivity index (χ2n) is 3.88. The van der Waals surface area contributed by atoms with Gasteiger partial charge < -0.3 is 0 Å². The van der Waals surface area contributed by atoms with Crippen LogP contribution in [-0.2, 0) is 9.84 Å². The third kappa shape index (κ3) is 3.64. The number of carbonyl (C=O) groups is 1. The standard InChI is InChI=1S/C12H15BrO3S/c1-3-8-17(15,16)9(2)12(14)10-4-6-11(13)7-5-10/h4-7,9H,3,8H2,1-2H3. The van der Waals surface area contributed by atoms with Crippen molar-refractivity contribution in [3.05, 3.63) is 34.3 Å². The van der Waals surface area contributed by atoms with Crippen LogP contribution in [0.2, 0.25) is 0 Å². The van der Waals surface area contributed by atoms with Crippen LogP contribution in [0.15, 0.2) is 28.7 Å². The molecule has 0 radical (unpaired) electrons. The quantitative estimate of drug-likeness (QED) is 0.784. The number of hydrogen-bond donors (Lipinski definition) is 0. The van der Waals surface area contributed by atoms with E-state index in [0.29, 0.717) is 12.0 Å². The van der Waals surface area contributed by atoms with Crippen molar-refractivity contribution in [3.8, 4) is 0 Å². The minimum atomic E-state index is -3.33. The summed E-state index contributed by atoms with van der Waals surface area (Å²) in [6, 6.07) is 6.72. The van der Waals surface area contributed by atoms with E-state index >= 15 is 0 Å². The van der Waals surface area contributed by atoms with Gasteiger partial charge in [-0.1, -0.05) is 35.0 Å². The third-order valence-electron chi connectivity index (χ3n) is 2.53. The van der Waals surface area contributed by atoms with E-state index in [9.17, 15) is 13.2 Å². The molecule has 0 N–H and O–H groups in total. The van der Waals surface area contributed by atoms with Crippen LogP contribution in [0, 0.1) is 0 Å². The number of Topliss-reactive ketones (excluding diaryl/α,β-unsaturated/α-hetero) is 1. The summed E-state index contributed by atoms with van der Waals surface area (Å²) in [6.45, 7) is 3.24. The SMILES string of the molecule is CCCS(=O)(=O)C(C)C(=O)c1ccc(Br)cc1. The number of benzene rings is 1. The molecule has 0 bridgehead atoms. The number of hydrogen-bond acceptors (Lipinski definition) is 3. The minimum Gasteiger partial charge on any atom is -0.293 e. The Morgan fingerprint density at radius 2 is 1.82 bits per heavy atom. The van der Waals surface area contributed by atoms with Gasteiger partial charge in [0.15, 0.2) is 15.6 Å². The van der Waals surface area contributed by atoms with E-state index in [-0.39, 0.29) is 11.5 Å². The van der Waals surface area contributed by atoms with Gasteiger partial charge in [-0.3, -0.25) is 4.79 Å². The molecule has 0 aromatic heterocycles. The zero-order valence-corrected chi connectivity index (χ0v) is 12.2. The fraction of sp³-hybridized carbons (Fsp3) is 0.417. The molecule has 1 unspecified atom stereocenters. The lowest BCUT2D eigenvalue weighted by Crippen LogP contribution is -2.29. The van der Waals surface area contributed by atoms with Gasteiger partial charge in [-0.15, -0.1) is 0 Å². The summed E-state index contributed by atoms with van der Waals surface area (Å²) < 4.78 is 24.4. The second kappa shape index (κ2) is 5.78. The number of sulfone groups is 1. The van der Waals surface area contributed by atoms with Crippen molar-refractivity contribution in [2.45, 2.75) is 25.5 Å². The molecule has 5 heteroatoms. The molecule has 0 spiro atoms. The van der Waals surface area contributed by atoms with Gasteiger partial charge in [-0.25, -0.2) is 8.42 Å². The van der Waals surface area contributed by atoms with Crippen molar-refractivity contribution in [2.24, 2.45) is 0 Å². The van der Waals surface area contributed by atoms with Crippen LogP contribution in [0.4, 0.5) is 0 Å². The van der Waals surface area contributed by atoms with Gasteiger partial charge in [0.2, 0.25) is 0 Å². The molecule has 0 heterocycles. The number of carbonyl (C=O) groups excluding carboxylic acids is 1. The van der Waals surface area contributed by atoms with Crippen molar-refractivity contribution < 1.29 is 13.2 Å². The predicted octanol–water partition coefficient (Wildman–Crippen LogP) is 2.85. The van der Waals surface area contributed by atoms with E-state index in [0.717, 1.165) is 4.47 Å². The topological polar surface area (TPSA) is 51.2 Å². The number of ketones is 1. The molecule has 0 amide bonds. The summed E-state index contributed by atoms with van der Waals surface area (Å²) in [7, 11) is -3.33. The lowest BCUT2D eigenvalue weighted by Gasteiger charge is -2.11. The van der Waals surface area contributed by atoms with Crippen LogP contribution < -0.4 is 0 Å². The second-order valence-corrected chi connectivity index (χ2v) is 7.24. The smallest absolute Gasteiger partial charge is 0.180 e. The molecule has 0 aliphatic heterocycles. The summed E-state index contributed by atoms with van der Waals surface area (Å²) in [4.78, 5) is 12.0. The van der Waals surface area contributed by atoms with Crippen LogP contribution in [-0.4, -0.2) is 25.2 Å². The maximum atomic E-state index is 12.0. The highest BCUT2D eigenvalue weighted by atomic mass is 79.9. The molecule has 1 aromatic rings. The Morgan fingerprint density at radius 3 is 2.29 bits per heavy atom. The maximum absolute atomic E-state index is 12.0. The van der Waals surface area contributed by atoms with Crippen LogP contribution in [0.25, 0.3) is 0 Å². The molecule has 1 atom stereocenters. The molecule has 0 saturated heterocycles. The van der Waals surface area contributed by atoms with Crippen molar-refractivity contribution in [1.29, 1.82) is 0 Å². The van der Waals surface area contributed by atoms with Crippen LogP contribution in [0.1, 0.15) is 30.6 Å². The number of rotatable bonds is 5. The average molecular weight is 319 g/mol. The Morgan fingerprint density at radius 1 is 1.29 bits per heavy atom. The first-order valence-corrected chi connectivity index (χ1v) is 7.90. The lowest BCUT2D eigenvalue weighted by molar-refractivity contribution is 0.0991. The van der Waals surface area contributed by atoms with Crippen molar-refractivity contribution in [3.63, 3.8) is 0 Å². The van der Waals surface area contributed by atoms with Gasteiger partial charge in [0.25, 0.3) is 0 Å². The monoisotopic (exact) mass is 318 g/mol. The molecule has 1 aromatic carbocycles. The Labute approximate surface area is 110 Å². The first kappa shape index (κ1) is 14.4. The highest BCUT2D eigenvalue weighted by Gasteiger charge is 2.27. The molecule has 0 fully saturated rings. The average Bonchev–Trinajstić information content (AvgIpc) is 2.28. The highest BCUT2D eigenvalue weighted by Crippen LogP contribution is 2.15. The molecule has 0 aliphatic carbocycles. The van der Waals surface area contributed by atoms with E-state index in [1.54, 1.807) is 31.2 Å². The van der Waals surface area contributed by atoms with Gasteiger partial charge in [-0.2, -0.15) is 0 Å². The van der Waals surface area contributed by atoms with Crippen molar-refractivity contribution in [2.75, 3.05) is 5.75 Å². The fourth-order valence-corrected chi connectivity index (χ4v) is 3.12. The zero-order chi connectivity index (χ0) is 13.1. The Kier molecular flexibility index (Phi) is 4.89. The third-order valence-corrected chi connectivity index (χ3v) is 5.32. The predicted molar refractivity (Wildman–Crippen MR) is 72.0 cm³/mol. The first-order valence-electron chi connectivity index (χ1n) is 5.40. The summed E-state index contributed by atoms with van der Waals surface area (Å²) in [5.41, 5.74) is 0.431. The van der Waals surface area contributed by atoms with Crippen molar-refractivity contribution in [1.82, 2.24) is 0 Å². The summed E-state index contributed by atoms with van der Waals surface area (Å²) >= 11 is 3.27. The normalized spacial score (nSPS) is 13.4. The first-order chi connectivity index (χ1) is 7.88. The summed E-state index contributed by atoms with van der Waals surface area (Å²) in [5, 5.41) is -0.969. The van der Waals surface area contributed by atoms with Gasteiger partial charge in [0, 0.05) is 10.0 Å². The molecule has 17 heavy (non-hydrogen) atoms. The van der Waals surface area contributed by atoms with Crippen molar-refractivity contribution >= 4 is 31.6 Å². The van der Waals surface area contributed by atoms with Crippen LogP contribution >= 0.6 is 15.9 Å².